The molecule has 1 aliphatic rings. The van der Waals surface area contributed by atoms with Gasteiger partial charge in [-0.1, -0.05) is 35.7 Å². The van der Waals surface area contributed by atoms with Gasteiger partial charge in [-0.2, -0.15) is 0 Å². The maximum Gasteiger partial charge on any atom is 0.251 e. The van der Waals surface area contributed by atoms with E-state index < -0.39 is 0 Å². The van der Waals surface area contributed by atoms with Crippen LogP contribution in [0.3, 0.4) is 0 Å². The van der Waals surface area contributed by atoms with Crippen molar-refractivity contribution < 1.29 is 4.79 Å². The second kappa shape index (κ2) is 6.56. The first-order chi connectivity index (χ1) is 9.06. The number of nitrogens with one attached hydrogen (secondary N) is 1. The molecule has 3 heteroatoms. The standard InChI is InChI=1S/C16H22BrNO/c1-11-4-3-5-13(8-11)10-18-16(19)14-6-7-15(17)12(2)9-14/h6-7,9,11,13H,3-5,8,10H2,1-2H3,(H,18,19). The molecule has 0 heterocycles. The van der Waals surface area contributed by atoms with Crippen molar-refractivity contribution in [1.82, 2.24) is 5.32 Å². The summed E-state index contributed by atoms with van der Waals surface area (Å²) in [6.45, 7) is 5.13. The largest absolute Gasteiger partial charge is 0.352 e. The van der Waals surface area contributed by atoms with E-state index in [-0.39, 0.29) is 5.91 Å². The van der Waals surface area contributed by atoms with Gasteiger partial charge >= 0.3 is 0 Å². The van der Waals surface area contributed by atoms with E-state index in [9.17, 15) is 4.79 Å². The zero-order valence-electron chi connectivity index (χ0n) is 11.7. The molecule has 2 unspecified atom stereocenters. The zero-order valence-corrected chi connectivity index (χ0v) is 13.3. The van der Waals surface area contributed by atoms with Crippen molar-refractivity contribution in [3.8, 4) is 0 Å². The second-order valence-corrected chi connectivity index (χ2v) is 6.67. The fourth-order valence-electron chi connectivity index (χ4n) is 2.87. The Labute approximate surface area is 124 Å². The van der Waals surface area contributed by atoms with Gasteiger partial charge in [0.05, 0.1) is 0 Å². The number of halogens is 1. The third kappa shape index (κ3) is 4.07. The quantitative estimate of drug-likeness (QED) is 0.882. The Morgan fingerprint density at radius 2 is 2.21 bits per heavy atom. The predicted octanol–water partition coefficient (Wildman–Crippen LogP) is 4.31. The van der Waals surface area contributed by atoms with Crippen LogP contribution in [0.25, 0.3) is 0 Å². The van der Waals surface area contributed by atoms with Crippen molar-refractivity contribution in [2.45, 2.75) is 39.5 Å². The second-order valence-electron chi connectivity index (χ2n) is 5.81. The van der Waals surface area contributed by atoms with Crippen LogP contribution >= 0.6 is 15.9 Å². The number of carbonyl (C=O) groups is 1. The summed E-state index contributed by atoms with van der Waals surface area (Å²) in [5.74, 6) is 1.52. The zero-order chi connectivity index (χ0) is 13.8. The molecule has 2 rings (SSSR count). The molecule has 0 radical (unpaired) electrons. The molecule has 1 amide bonds. The maximum atomic E-state index is 12.1. The summed E-state index contributed by atoms with van der Waals surface area (Å²) in [6.07, 6.45) is 5.15. The Morgan fingerprint density at radius 3 is 2.89 bits per heavy atom. The molecule has 0 aromatic heterocycles. The molecule has 0 saturated heterocycles. The number of rotatable bonds is 3. The molecule has 0 spiro atoms. The van der Waals surface area contributed by atoms with Crippen LogP contribution in [0.4, 0.5) is 0 Å². The highest BCUT2D eigenvalue weighted by molar-refractivity contribution is 9.10. The van der Waals surface area contributed by atoms with Gasteiger partial charge in [-0.25, -0.2) is 0 Å². The Kier molecular flexibility index (Phi) is 5.03. The Balaban J connectivity index is 1.88. The first-order valence-corrected chi connectivity index (χ1v) is 7.90. The van der Waals surface area contributed by atoms with Gasteiger partial charge in [0.25, 0.3) is 5.91 Å². The number of aryl methyl sites for hydroxylation is 1. The van der Waals surface area contributed by atoms with Gasteiger partial charge in [-0.15, -0.1) is 0 Å². The lowest BCUT2D eigenvalue weighted by Crippen LogP contribution is -2.31. The maximum absolute atomic E-state index is 12.1. The van der Waals surface area contributed by atoms with Crippen molar-refractivity contribution in [3.63, 3.8) is 0 Å². The van der Waals surface area contributed by atoms with Crippen LogP contribution < -0.4 is 5.32 Å². The van der Waals surface area contributed by atoms with Crippen LogP contribution in [0.1, 0.15) is 48.5 Å². The molecule has 19 heavy (non-hydrogen) atoms. The molecule has 0 aliphatic heterocycles. The van der Waals surface area contributed by atoms with Gasteiger partial charge < -0.3 is 5.32 Å². The van der Waals surface area contributed by atoms with Crippen LogP contribution in [0.5, 0.6) is 0 Å². The van der Waals surface area contributed by atoms with Gasteiger partial charge in [-0.3, -0.25) is 4.79 Å². The lowest BCUT2D eigenvalue weighted by atomic mass is 9.82. The van der Waals surface area contributed by atoms with Gasteiger partial charge in [0.15, 0.2) is 0 Å². The summed E-state index contributed by atoms with van der Waals surface area (Å²) in [4.78, 5) is 12.1. The van der Waals surface area contributed by atoms with E-state index >= 15 is 0 Å². The molecule has 2 atom stereocenters. The van der Waals surface area contributed by atoms with Crippen molar-refractivity contribution in [3.05, 3.63) is 33.8 Å². The van der Waals surface area contributed by atoms with E-state index in [4.69, 9.17) is 0 Å². The van der Waals surface area contributed by atoms with Crippen molar-refractivity contribution in [1.29, 1.82) is 0 Å². The summed E-state index contributed by atoms with van der Waals surface area (Å²) >= 11 is 3.45. The summed E-state index contributed by atoms with van der Waals surface area (Å²) in [7, 11) is 0. The van der Waals surface area contributed by atoms with Gasteiger partial charge in [0, 0.05) is 16.6 Å². The number of amides is 1. The van der Waals surface area contributed by atoms with Crippen molar-refractivity contribution >= 4 is 21.8 Å². The van der Waals surface area contributed by atoms with Gasteiger partial charge in [0.2, 0.25) is 0 Å². The Bertz CT molecular complexity index is 458. The Morgan fingerprint density at radius 1 is 1.42 bits per heavy atom. The third-order valence-corrected chi connectivity index (χ3v) is 4.91. The molecular formula is C16H22BrNO. The molecule has 104 valence electrons. The molecule has 1 aliphatic carbocycles. The molecule has 0 bridgehead atoms. The van der Waals surface area contributed by atoms with Crippen LogP contribution in [0, 0.1) is 18.8 Å². The van der Waals surface area contributed by atoms with E-state index in [1.165, 1.54) is 25.7 Å². The van der Waals surface area contributed by atoms with E-state index in [1.54, 1.807) is 0 Å². The van der Waals surface area contributed by atoms with E-state index in [1.807, 2.05) is 25.1 Å². The van der Waals surface area contributed by atoms with Crippen molar-refractivity contribution in [2.75, 3.05) is 6.54 Å². The highest BCUT2D eigenvalue weighted by atomic mass is 79.9. The number of hydrogen-bond donors (Lipinski definition) is 1. The van der Waals surface area contributed by atoms with Crippen molar-refractivity contribution in [2.24, 2.45) is 11.8 Å². The lowest BCUT2D eigenvalue weighted by molar-refractivity contribution is 0.0940. The topological polar surface area (TPSA) is 29.1 Å². The lowest BCUT2D eigenvalue weighted by Gasteiger charge is -2.26. The van der Waals surface area contributed by atoms with E-state index in [2.05, 4.69) is 28.2 Å². The van der Waals surface area contributed by atoms with Crippen LogP contribution in [0.2, 0.25) is 0 Å². The first kappa shape index (κ1) is 14.6. The fourth-order valence-corrected chi connectivity index (χ4v) is 3.12. The highest BCUT2D eigenvalue weighted by Crippen LogP contribution is 2.28. The molecule has 1 aromatic rings. The van der Waals surface area contributed by atoms with Crippen LogP contribution in [-0.4, -0.2) is 12.5 Å². The number of hydrogen-bond acceptors (Lipinski definition) is 1. The van der Waals surface area contributed by atoms with E-state index in [0.29, 0.717) is 5.92 Å². The highest BCUT2D eigenvalue weighted by Gasteiger charge is 2.19. The number of carbonyl (C=O) groups excluding carboxylic acids is 1. The molecular weight excluding hydrogens is 302 g/mol. The van der Waals surface area contributed by atoms with Crippen LogP contribution in [0.15, 0.2) is 22.7 Å². The fraction of sp³-hybridized carbons (Fsp3) is 0.562. The molecule has 1 saturated carbocycles. The van der Waals surface area contributed by atoms with E-state index in [0.717, 1.165) is 28.1 Å². The third-order valence-electron chi connectivity index (χ3n) is 4.02. The average Bonchev–Trinajstić information content (AvgIpc) is 2.39. The average molecular weight is 324 g/mol. The number of benzene rings is 1. The minimum atomic E-state index is 0.0498. The minimum absolute atomic E-state index is 0.0498. The summed E-state index contributed by atoms with van der Waals surface area (Å²) in [6, 6.07) is 5.74. The predicted molar refractivity (Wildman–Crippen MR) is 82.3 cm³/mol. The molecule has 1 fully saturated rings. The summed E-state index contributed by atoms with van der Waals surface area (Å²) in [5, 5.41) is 3.08. The summed E-state index contributed by atoms with van der Waals surface area (Å²) < 4.78 is 1.05. The van der Waals surface area contributed by atoms with Crippen LogP contribution in [-0.2, 0) is 0 Å². The SMILES string of the molecule is Cc1cc(C(=O)NCC2CCCC(C)C2)ccc1Br. The smallest absolute Gasteiger partial charge is 0.251 e. The van der Waals surface area contributed by atoms with Gasteiger partial charge in [-0.05, 0) is 55.4 Å². The summed E-state index contributed by atoms with van der Waals surface area (Å²) in [5.41, 5.74) is 1.85. The Hall–Kier alpha value is -0.830. The minimum Gasteiger partial charge on any atom is -0.352 e. The molecule has 1 N–H and O–H groups in total. The molecule has 1 aromatic carbocycles. The molecule has 2 nitrogen and oxygen atoms in total. The first-order valence-electron chi connectivity index (χ1n) is 7.10. The van der Waals surface area contributed by atoms with Gasteiger partial charge in [0.1, 0.15) is 0 Å². The monoisotopic (exact) mass is 323 g/mol. The normalized spacial score (nSPS) is 23.1.